The number of benzene rings is 1. The van der Waals surface area contributed by atoms with Crippen LogP contribution in [0.1, 0.15) is 50.7 Å². The van der Waals surface area contributed by atoms with Gasteiger partial charge in [-0.25, -0.2) is 0 Å². The first-order chi connectivity index (χ1) is 6.56. The number of aryl methyl sites for hydroxylation is 1. The van der Waals surface area contributed by atoms with E-state index in [4.69, 9.17) is 0 Å². The van der Waals surface area contributed by atoms with Crippen molar-refractivity contribution in [2.24, 2.45) is 5.41 Å². The second kappa shape index (κ2) is 3.42. The first-order valence-corrected chi connectivity index (χ1v) is 5.64. The van der Waals surface area contributed by atoms with Gasteiger partial charge < -0.3 is 0 Å². The van der Waals surface area contributed by atoms with Crippen molar-refractivity contribution in [2.75, 3.05) is 0 Å². The van der Waals surface area contributed by atoms with Crippen molar-refractivity contribution in [1.29, 1.82) is 0 Å². The van der Waals surface area contributed by atoms with Crippen LogP contribution < -0.4 is 0 Å². The number of fused-ring (bicyclic) bond motifs is 1. The Morgan fingerprint density at radius 2 is 1.93 bits per heavy atom. The van der Waals surface area contributed by atoms with Gasteiger partial charge in [-0.1, -0.05) is 45.0 Å². The number of rotatable bonds is 1. The summed E-state index contributed by atoms with van der Waals surface area (Å²) in [6.07, 6.45) is 3.97. The molecular weight excluding hydrogens is 168 g/mol. The van der Waals surface area contributed by atoms with E-state index in [1.54, 1.807) is 11.1 Å². The lowest BCUT2D eigenvalue weighted by atomic mass is 9.82. The van der Waals surface area contributed by atoms with Crippen LogP contribution in [-0.2, 0) is 6.42 Å². The fourth-order valence-electron chi connectivity index (χ4n) is 2.60. The third-order valence-electron chi connectivity index (χ3n) is 3.12. The summed E-state index contributed by atoms with van der Waals surface area (Å²) in [4.78, 5) is 0. The Kier molecular flexibility index (Phi) is 2.38. The molecule has 1 aromatic rings. The molecule has 1 atom stereocenters. The van der Waals surface area contributed by atoms with E-state index in [2.05, 4.69) is 45.0 Å². The maximum absolute atomic E-state index is 2.34. The van der Waals surface area contributed by atoms with Gasteiger partial charge in [0.15, 0.2) is 0 Å². The molecule has 14 heavy (non-hydrogen) atoms. The van der Waals surface area contributed by atoms with E-state index in [9.17, 15) is 0 Å². The lowest BCUT2D eigenvalue weighted by molar-refractivity contribution is 0.338. The zero-order valence-electron chi connectivity index (χ0n) is 9.51. The first kappa shape index (κ1) is 9.76. The summed E-state index contributed by atoms with van der Waals surface area (Å²) in [6, 6.07) is 8.95. The van der Waals surface area contributed by atoms with Crippen molar-refractivity contribution in [3.05, 3.63) is 35.4 Å². The first-order valence-electron chi connectivity index (χ1n) is 5.64. The molecule has 1 unspecified atom stereocenters. The Morgan fingerprint density at radius 3 is 2.64 bits per heavy atom. The van der Waals surface area contributed by atoms with E-state index in [0.717, 1.165) is 5.92 Å². The van der Waals surface area contributed by atoms with E-state index in [1.807, 2.05) is 0 Å². The minimum atomic E-state index is 0.460. The van der Waals surface area contributed by atoms with Crippen LogP contribution in [0.15, 0.2) is 24.3 Å². The molecule has 0 amide bonds. The molecule has 1 aliphatic rings. The zero-order chi connectivity index (χ0) is 10.2. The smallest absolute Gasteiger partial charge is 0.0151 e. The molecule has 0 bridgehead atoms. The summed E-state index contributed by atoms with van der Waals surface area (Å²) in [6.45, 7) is 7.02. The Hall–Kier alpha value is -0.780. The van der Waals surface area contributed by atoms with Crippen molar-refractivity contribution in [2.45, 2.75) is 46.0 Å². The van der Waals surface area contributed by atoms with E-state index >= 15 is 0 Å². The van der Waals surface area contributed by atoms with Crippen LogP contribution in [0.3, 0.4) is 0 Å². The van der Waals surface area contributed by atoms with Gasteiger partial charge in [0.1, 0.15) is 0 Å². The van der Waals surface area contributed by atoms with Crippen LogP contribution in [0.5, 0.6) is 0 Å². The largest absolute Gasteiger partial charge is 0.0620 e. The average molecular weight is 188 g/mol. The molecule has 1 aromatic carbocycles. The molecule has 0 saturated carbocycles. The quantitative estimate of drug-likeness (QED) is 0.621. The summed E-state index contributed by atoms with van der Waals surface area (Å²) >= 11 is 0. The van der Waals surface area contributed by atoms with Gasteiger partial charge in [-0.2, -0.15) is 0 Å². The van der Waals surface area contributed by atoms with E-state index in [0.29, 0.717) is 5.41 Å². The fourth-order valence-corrected chi connectivity index (χ4v) is 2.60. The van der Waals surface area contributed by atoms with Crippen LogP contribution in [0.2, 0.25) is 0 Å². The lowest BCUT2D eigenvalue weighted by Gasteiger charge is -2.23. The molecule has 0 aliphatic heterocycles. The molecule has 0 heterocycles. The summed E-state index contributed by atoms with van der Waals surface area (Å²) < 4.78 is 0. The van der Waals surface area contributed by atoms with Crippen LogP contribution in [-0.4, -0.2) is 0 Å². The highest BCUT2D eigenvalue weighted by molar-refractivity contribution is 5.34. The topological polar surface area (TPSA) is 0 Å². The summed E-state index contributed by atoms with van der Waals surface area (Å²) in [7, 11) is 0. The molecule has 0 aromatic heterocycles. The van der Waals surface area contributed by atoms with Gasteiger partial charge in [0, 0.05) is 0 Å². The number of hydrogen-bond acceptors (Lipinski definition) is 0. The molecule has 0 nitrogen and oxygen atoms in total. The second-order valence-corrected chi connectivity index (χ2v) is 5.70. The monoisotopic (exact) mass is 188 g/mol. The normalized spacial score (nSPS) is 20.9. The molecule has 0 spiro atoms. The number of hydrogen-bond donors (Lipinski definition) is 0. The van der Waals surface area contributed by atoms with Gasteiger partial charge in [0.25, 0.3) is 0 Å². The standard InChI is InChI=1S/C14H20/c1-14(2,3)10-12-9-8-11-6-4-5-7-13(11)12/h4-7,12H,8-10H2,1-3H3. The molecule has 76 valence electrons. The molecule has 0 radical (unpaired) electrons. The highest BCUT2D eigenvalue weighted by atomic mass is 14.3. The Morgan fingerprint density at radius 1 is 1.21 bits per heavy atom. The van der Waals surface area contributed by atoms with Gasteiger partial charge in [0.05, 0.1) is 0 Å². The summed E-state index contributed by atoms with van der Waals surface area (Å²) in [5.74, 6) is 0.811. The van der Waals surface area contributed by atoms with Gasteiger partial charge in [-0.05, 0) is 41.7 Å². The third kappa shape index (κ3) is 2.00. The van der Waals surface area contributed by atoms with E-state index in [1.165, 1.54) is 19.3 Å². The molecule has 1 aliphatic carbocycles. The predicted octanol–water partition coefficient (Wildman–Crippen LogP) is 4.15. The molecule has 0 fully saturated rings. The SMILES string of the molecule is CC(C)(C)CC1CCc2ccccc21. The van der Waals surface area contributed by atoms with Crippen molar-refractivity contribution in [3.63, 3.8) is 0 Å². The van der Waals surface area contributed by atoms with E-state index < -0.39 is 0 Å². The summed E-state index contributed by atoms with van der Waals surface area (Å²) in [5, 5.41) is 0. The molecule has 2 rings (SSSR count). The minimum absolute atomic E-state index is 0.460. The summed E-state index contributed by atoms with van der Waals surface area (Å²) in [5.41, 5.74) is 3.66. The highest BCUT2D eigenvalue weighted by Crippen LogP contribution is 2.40. The molecular formula is C14H20. The molecule has 0 saturated heterocycles. The average Bonchev–Trinajstić information content (AvgIpc) is 2.47. The van der Waals surface area contributed by atoms with Crippen LogP contribution in [0, 0.1) is 5.41 Å². The zero-order valence-corrected chi connectivity index (χ0v) is 9.51. The highest BCUT2D eigenvalue weighted by Gasteiger charge is 2.26. The van der Waals surface area contributed by atoms with Crippen molar-refractivity contribution in [3.8, 4) is 0 Å². The van der Waals surface area contributed by atoms with Crippen LogP contribution >= 0.6 is 0 Å². The third-order valence-corrected chi connectivity index (χ3v) is 3.12. The van der Waals surface area contributed by atoms with Gasteiger partial charge in [0.2, 0.25) is 0 Å². The van der Waals surface area contributed by atoms with Crippen LogP contribution in [0.4, 0.5) is 0 Å². The maximum Gasteiger partial charge on any atom is -0.0151 e. The lowest BCUT2D eigenvalue weighted by Crippen LogP contribution is -2.10. The van der Waals surface area contributed by atoms with Gasteiger partial charge >= 0.3 is 0 Å². The Labute approximate surface area is 87.3 Å². The predicted molar refractivity (Wildman–Crippen MR) is 61.6 cm³/mol. The minimum Gasteiger partial charge on any atom is -0.0620 e. The Balaban J connectivity index is 2.18. The molecule has 0 heteroatoms. The van der Waals surface area contributed by atoms with Crippen LogP contribution in [0.25, 0.3) is 0 Å². The maximum atomic E-state index is 2.34. The van der Waals surface area contributed by atoms with Gasteiger partial charge in [-0.15, -0.1) is 0 Å². The van der Waals surface area contributed by atoms with Crippen molar-refractivity contribution in [1.82, 2.24) is 0 Å². The van der Waals surface area contributed by atoms with Crippen molar-refractivity contribution >= 4 is 0 Å². The van der Waals surface area contributed by atoms with Crippen molar-refractivity contribution < 1.29 is 0 Å². The van der Waals surface area contributed by atoms with E-state index in [-0.39, 0.29) is 0 Å². The van der Waals surface area contributed by atoms with Gasteiger partial charge in [-0.3, -0.25) is 0 Å². The fraction of sp³-hybridized carbons (Fsp3) is 0.571. The Bertz CT molecular complexity index is 317. The second-order valence-electron chi connectivity index (χ2n) is 5.70. The molecule has 0 N–H and O–H groups in total.